The van der Waals surface area contributed by atoms with Gasteiger partial charge in [-0.25, -0.2) is 0 Å². The number of carbonyl (C=O) groups excluding carboxylic acids is 1. The van der Waals surface area contributed by atoms with Crippen molar-refractivity contribution >= 4 is 21.8 Å². The molecule has 0 unspecified atom stereocenters. The van der Waals surface area contributed by atoms with Crippen molar-refractivity contribution in [2.75, 3.05) is 20.1 Å². The molecule has 0 aliphatic heterocycles. The minimum absolute atomic E-state index is 0.106. The van der Waals surface area contributed by atoms with E-state index in [4.69, 9.17) is 5.73 Å². The van der Waals surface area contributed by atoms with Crippen molar-refractivity contribution in [3.63, 3.8) is 0 Å². The van der Waals surface area contributed by atoms with Gasteiger partial charge in [0.25, 0.3) is 0 Å². The molecule has 0 bridgehead atoms. The fraction of sp³-hybridized carbons (Fsp3) is 0.417. The van der Waals surface area contributed by atoms with Crippen molar-refractivity contribution in [2.24, 2.45) is 5.73 Å². The molecular weight excluding hydrogens is 268 g/mol. The van der Waals surface area contributed by atoms with Gasteiger partial charge in [-0.1, -0.05) is 34.1 Å². The average Bonchev–Trinajstić information content (AvgIpc) is 2.28. The predicted molar refractivity (Wildman–Crippen MR) is 69.2 cm³/mol. The fourth-order valence-electron chi connectivity index (χ4n) is 1.43. The highest BCUT2D eigenvalue weighted by atomic mass is 79.9. The highest BCUT2D eigenvalue weighted by molar-refractivity contribution is 9.10. The van der Waals surface area contributed by atoms with E-state index in [1.54, 1.807) is 4.90 Å². The Morgan fingerprint density at radius 2 is 2.12 bits per heavy atom. The summed E-state index contributed by atoms with van der Waals surface area (Å²) >= 11 is 3.49. The lowest BCUT2D eigenvalue weighted by Gasteiger charge is -2.17. The molecule has 1 aromatic rings. The van der Waals surface area contributed by atoms with Gasteiger partial charge in [-0.15, -0.1) is 0 Å². The first-order valence-corrected chi connectivity index (χ1v) is 6.12. The Hall–Kier alpha value is -0.870. The van der Waals surface area contributed by atoms with Crippen LogP contribution in [0.3, 0.4) is 0 Å². The van der Waals surface area contributed by atoms with E-state index < -0.39 is 0 Å². The molecule has 0 aliphatic carbocycles. The summed E-state index contributed by atoms with van der Waals surface area (Å²) in [5.41, 5.74) is 6.56. The third kappa shape index (κ3) is 3.94. The minimum atomic E-state index is 0.106. The Labute approximate surface area is 105 Å². The van der Waals surface area contributed by atoms with Crippen LogP contribution in [-0.4, -0.2) is 30.9 Å². The van der Waals surface area contributed by atoms with Crippen LogP contribution in [0.5, 0.6) is 0 Å². The molecule has 4 heteroatoms. The maximum Gasteiger partial charge on any atom is 0.223 e. The molecule has 1 amide bonds. The molecular formula is C12H17BrN2O. The first-order chi connectivity index (χ1) is 7.65. The van der Waals surface area contributed by atoms with Crippen LogP contribution in [0.4, 0.5) is 0 Å². The largest absolute Gasteiger partial charge is 0.345 e. The second-order valence-corrected chi connectivity index (χ2v) is 4.55. The molecule has 0 aliphatic rings. The fourth-order valence-corrected chi connectivity index (χ4v) is 1.91. The summed E-state index contributed by atoms with van der Waals surface area (Å²) in [6.07, 6.45) is 1.28. The number of nitrogens with zero attached hydrogens (tertiary/aromatic N) is 1. The molecule has 0 spiro atoms. The number of amides is 1. The van der Waals surface area contributed by atoms with Crippen LogP contribution in [0.25, 0.3) is 0 Å². The smallest absolute Gasteiger partial charge is 0.223 e. The van der Waals surface area contributed by atoms with Gasteiger partial charge < -0.3 is 10.6 Å². The SMILES string of the molecule is CN(CCc1ccccc1Br)C(=O)CCN. The van der Waals surface area contributed by atoms with E-state index in [9.17, 15) is 4.79 Å². The Morgan fingerprint density at radius 3 is 2.75 bits per heavy atom. The average molecular weight is 285 g/mol. The molecule has 1 rings (SSSR count). The second kappa shape index (κ2) is 6.66. The molecule has 0 heterocycles. The van der Waals surface area contributed by atoms with E-state index in [2.05, 4.69) is 22.0 Å². The molecule has 0 saturated carbocycles. The van der Waals surface area contributed by atoms with Crippen molar-refractivity contribution < 1.29 is 4.79 Å². The van der Waals surface area contributed by atoms with Gasteiger partial charge in [0, 0.05) is 31.0 Å². The number of likely N-dealkylation sites (N-methyl/N-ethyl adjacent to an activating group) is 1. The summed E-state index contributed by atoms with van der Waals surface area (Å²) in [6, 6.07) is 8.06. The molecule has 0 aromatic heterocycles. The zero-order chi connectivity index (χ0) is 12.0. The minimum Gasteiger partial charge on any atom is -0.345 e. The molecule has 88 valence electrons. The highest BCUT2D eigenvalue weighted by Crippen LogP contribution is 2.16. The molecule has 1 aromatic carbocycles. The zero-order valence-corrected chi connectivity index (χ0v) is 11.0. The number of halogens is 1. The van der Waals surface area contributed by atoms with E-state index in [1.807, 2.05) is 25.2 Å². The first-order valence-electron chi connectivity index (χ1n) is 5.32. The van der Waals surface area contributed by atoms with Crippen LogP contribution < -0.4 is 5.73 Å². The number of hydrogen-bond acceptors (Lipinski definition) is 2. The molecule has 0 saturated heterocycles. The third-order valence-electron chi connectivity index (χ3n) is 2.46. The molecule has 3 nitrogen and oxygen atoms in total. The van der Waals surface area contributed by atoms with Gasteiger partial charge in [0.1, 0.15) is 0 Å². The number of hydrogen-bond donors (Lipinski definition) is 1. The second-order valence-electron chi connectivity index (χ2n) is 3.70. The monoisotopic (exact) mass is 284 g/mol. The number of benzene rings is 1. The van der Waals surface area contributed by atoms with Crippen molar-refractivity contribution in [2.45, 2.75) is 12.8 Å². The van der Waals surface area contributed by atoms with Gasteiger partial charge in [-0.3, -0.25) is 4.79 Å². The van der Waals surface area contributed by atoms with Crippen LogP contribution in [0.2, 0.25) is 0 Å². The van der Waals surface area contributed by atoms with Gasteiger partial charge >= 0.3 is 0 Å². The summed E-state index contributed by atoms with van der Waals surface area (Å²) in [5.74, 6) is 0.106. The number of carbonyl (C=O) groups is 1. The van der Waals surface area contributed by atoms with Crippen LogP contribution in [0.1, 0.15) is 12.0 Å². The van der Waals surface area contributed by atoms with E-state index in [0.29, 0.717) is 13.0 Å². The predicted octanol–water partition coefficient (Wildman–Crippen LogP) is 1.80. The van der Waals surface area contributed by atoms with Gasteiger partial charge in [0.05, 0.1) is 0 Å². The van der Waals surface area contributed by atoms with Crippen LogP contribution in [-0.2, 0) is 11.2 Å². The van der Waals surface area contributed by atoms with Crippen molar-refractivity contribution in [1.82, 2.24) is 4.90 Å². The molecule has 16 heavy (non-hydrogen) atoms. The lowest BCUT2D eigenvalue weighted by atomic mass is 10.1. The maximum absolute atomic E-state index is 11.5. The third-order valence-corrected chi connectivity index (χ3v) is 3.23. The van der Waals surface area contributed by atoms with Crippen molar-refractivity contribution in [3.05, 3.63) is 34.3 Å². The topological polar surface area (TPSA) is 46.3 Å². The quantitative estimate of drug-likeness (QED) is 0.896. The Kier molecular flexibility index (Phi) is 5.49. The Bertz CT molecular complexity index is 355. The van der Waals surface area contributed by atoms with Crippen LogP contribution in [0, 0.1) is 0 Å². The molecule has 0 fully saturated rings. The van der Waals surface area contributed by atoms with Crippen LogP contribution in [0.15, 0.2) is 28.7 Å². The van der Waals surface area contributed by atoms with Gasteiger partial charge in [0.15, 0.2) is 0 Å². The lowest BCUT2D eigenvalue weighted by Crippen LogP contribution is -2.30. The summed E-state index contributed by atoms with van der Waals surface area (Å²) in [7, 11) is 1.81. The Morgan fingerprint density at radius 1 is 1.44 bits per heavy atom. The van der Waals surface area contributed by atoms with Crippen molar-refractivity contribution in [1.29, 1.82) is 0 Å². The molecule has 2 N–H and O–H groups in total. The first kappa shape index (κ1) is 13.2. The lowest BCUT2D eigenvalue weighted by molar-refractivity contribution is -0.129. The van der Waals surface area contributed by atoms with Gasteiger partial charge in [-0.2, -0.15) is 0 Å². The summed E-state index contributed by atoms with van der Waals surface area (Å²) < 4.78 is 1.09. The van der Waals surface area contributed by atoms with E-state index in [0.717, 1.165) is 17.4 Å². The number of rotatable bonds is 5. The van der Waals surface area contributed by atoms with E-state index in [1.165, 1.54) is 5.56 Å². The molecule has 0 atom stereocenters. The number of nitrogens with two attached hydrogens (primary N) is 1. The summed E-state index contributed by atoms with van der Waals surface area (Å²) in [5, 5.41) is 0. The summed E-state index contributed by atoms with van der Waals surface area (Å²) in [4.78, 5) is 13.2. The standard InChI is InChI=1S/C12H17BrN2O/c1-15(12(16)6-8-14)9-7-10-4-2-3-5-11(10)13/h2-5H,6-9,14H2,1H3. The van der Waals surface area contributed by atoms with E-state index in [-0.39, 0.29) is 5.91 Å². The van der Waals surface area contributed by atoms with Gasteiger partial charge in [0.2, 0.25) is 5.91 Å². The normalized spacial score (nSPS) is 10.2. The van der Waals surface area contributed by atoms with Gasteiger partial charge in [-0.05, 0) is 18.1 Å². The van der Waals surface area contributed by atoms with Crippen molar-refractivity contribution in [3.8, 4) is 0 Å². The highest BCUT2D eigenvalue weighted by Gasteiger charge is 2.07. The zero-order valence-electron chi connectivity index (χ0n) is 9.45. The Balaban J connectivity index is 2.46. The molecule has 0 radical (unpaired) electrons. The van der Waals surface area contributed by atoms with E-state index >= 15 is 0 Å². The van der Waals surface area contributed by atoms with Crippen LogP contribution >= 0.6 is 15.9 Å². The summed E-state index contributed by atoms with van der Waals surface area (Å²) in [6.45, 7) is 1.14. The maximum atomic E-state index is 11.5.